The third kappa shape index (κ3) is 4.13. The molecule has 108 valence electrons. The SMILES string of the molecule is CCC1SCCSC1c1nc(C)c(CNC(C)C)s1. The molecule has 2 rings (SSSR count). The Hall–Kier alpha value is 0.290. The first-order chi connectivity index (χ1) is 9.11. The molecule has 1 aliphatic heterocycles. The van der Waals surface area contributed by atoms with Crippen molar-refractivity contribution in [3.05, 3.63) is 15.6 Å². The van der Waals surface area contributed by atoms with Gasteiger partial charge in [-0.1, -0.05) is 20.8 Å². The van der Waals surface area contributed by atoms with Crippen molar-refractivity contribution >= 4 is 34.9 Å². The summed E-state index contributed by atoms with van der Waals surface area (Å²) in [5.41, 5.74) is 1.22. The molecule has 0 spiro atoms. The highest BCUT2D eigenvalue weighted by Crippen LogP contribution is 2.45. The van der Waals surface area contributed by atoms with E-state index in [0.717, 1.165) is 11.8 Å². The van der Waals surface area contributed by atoms with E-state index in [4.69, 9.17) is 4.98 Å². The normalized spacial score (nSPS) is 24.1. The molecule has 0 radical (unpaired) electrons. The van der Waals surface area contributed by atoms with E-state index in [9.17, 15) is 0 Å². The van der Waals surface area contributed by atoms with Crippen LogP contribution in [0, 0.1) is 6.92 Å². The van der Waals surface area contributed by atoms with Crippen molar-refractivity contribution in [3.8, 4) is 0 Å². The van der Waals surface area contributed by atoms with Crippen LogP contribution in [-0.4, -0.2) is 27.8 Å². The summed E-state index contributed by atoms with van der Waals surface area (Å²) >= 11 is 6.15. The van der Waals surface area contributed by atoms with Gasteiger partial charge in [0.1, 0.15) is 5.01 Å². The molecular formula is C14H24N2S3. The zero-order chi connectivity index (χ0) is 13.8. The van der Waals surface area contributed by atoms with Gasteiger partial charge in [-0.2, -0.15) is 11.8 Å². The van der Waals surface area contributed by atoms with Gasteiger partial charge < -0.3 is 5.32 Å². The lowest BCUT2D eigenvalue weighted by Crippen LogP contribution is -2.21. The summed E-state index contributed by atoms with van der Waals surface area (Å²) in [4.78, 5) is 6.27. The van der Waals surface area contributed by atoms with E-state index in [1.807, 2.05) is 11.3 Å². The van der Waals surface area contributed by atoms with E-state index in [1.165, 1.54) is 33.5 Å². The van der Waals surface area contributed by atoms with Gasteiger partial charge in [0.2, 0.25) is 0 Å². The molecule has 5 heteroatoms. The summed E-state index contributed by atoms with van der Waals surface area (Å²) in [6.07, 6.45) is 1.25. The van der Waals surface area contributed by atoms with Gasteiger partial charge in [0, 0.05) is 34.2 Å². The fourth-order valence-electron chi connectivity index (χ4n) is 2.16. The number of aromatic nitrogens is 1. The van der Waals surface area contributed by atoms with Crippen LogP contribution in [0.3, 0.4) is 0 Å². The molecule has 2 atom stereocenters. The molecule has 19 heavy (non-hydrogen) atoms. The van der Waals surface area contributed by atoms with Crippen LogP contribution in [0.2, 0.25) is 0 Å². The van der Waals surface area contributed by atoms with Crippen LogP contribution in [0.4, 0.5) is 0 Å². The molecule has 0 aliphatic carbocycles. The zero-order valence-corrected chi connectivity index (χ0v) is 14.7. The highest BCUT2D eigenvalue weighted by Gasteiger charge is 2.29. The van der Waals surface area contributed by atoms with Crippen LogP contribution in [-0.2, 0) is 6.54 Å². The quantitative estimate of drug-likeness (QED) is 0.878. The molecule has 1 fully saturated rings. The minimum Gasteiger partial charge on any atom is -0.310 e. The largest absolute Gasteiger partial charge is 0.310 e. The lowest BCUT2D eigenvalue weighted by atomic mass is 10.2. The van der Waals surface area contributed by atoms with Crippen LogP contribution in [0.5, 0.6) is 0 Å². The fraction of sp³-hybridized carbons (Fsp3) is 0.786. The van der Waals surface area contributed by atoms with Gasteiger partial charge in [-0.25, -0.2) is 4.98 Å². The molecule has 2 nitrogen and oxygen atoms in total. The van der Waals surface area contributed by atoms with Gasteiger partial charge in [0.15, 0.2) is 0 Å². The number of aryl methyl sites for hydroxylation is 1. The summed E-state index contributed by atoms with van der Waals surface area (Å²) in [7, 11) is 0. The van der Waals surface area contributed by atoms with Crippen molar-refractivity contribution in [2.75, 3.05) is 11.5 Å². The highest BCUT2D eigenvalue weighted by atomic mass is 32.2. The second kappa shape index (κ2) is 7.34. The number of thioether (sulfide) groups is 2. The second-order valence-corrected chi connectivity index (χ2v) is 8.92. The first-order valence-electron chi connectivity index (χ1n) is 7.04. The van der Waals surface area contributed by atoms with Crippen LogP contribution < -0.4 is 5.32 Å². The Kier molecular flexibility index (Phi) is 6.06. The number of nitrogens with one attached hydrogen (secondary N) is 1. The highest BCUT2D eigenvalue weighted by molar-refractivity contribution is 8.06. The predicted molar refractivity (Wildman–Crippen MR) is 90.6 cm³/mol. The van der Waals surface area contributed by atoms with E-state index < -0.39 is 0 Å². The van der Waals surface area contributed by atoms with Crippen molar-refractivity contribution in [2.45, 2.75) is 57.2 Å². The minimum absolute atomic E-state index is 0.535. The molecule has 1 aromatic rings. The van der Waals surface area contributed by atoms with Crippen LogP contribution in [0.25, 0.3) is 0 Å². The molecule has 0 amide bonds. The molecule has 1 aliphatic rings. The number of hydrogen-bond donors (Lipinski definition) is 1. The van der Waals surface area contributed by atoms with Gasteiger partial charge in [0.25, 0.3) is 0 Å². The van der Waals surface area contributed by atoms with Crippen molar-refractivity contribution in [3.63, 3.8) is 0 Å². The minimum atomic E-state index is 0.535. The first-order valence-corrected chi connectivity index (χ1v) is 9.96. The van der Waals surface area contributed by atoms with Gasteiger partial charge in [0.05, 0.1) is 10.9 Å². The van der Waals surface area contributed by atoms with Crippen molar-refractivity contribution in [1.82, 2.24) is 10.3 Å². The molecule has 0 bridgehead atoms. The smallest absolute Gasteiger partial charge is 0.107 e. The Labute approximate surface area is 129 Å². The maximum absolute atomic E-state index is 4.85. The molecule has 1 aromatic heterocycles. The lowest BCUT2D eigenvalue weighted by molar-refractivity contribution is 0.591. The molecular weight excluding hydrogens is 292 g/mol. The van der Waals surface area contributed by atoms with Gasteiger partial charge in [-0.3, -0.25) is 0 Å². The summed E-state index contributed by atoms with van der Waals surface area (Å²) in [6, 6.07) is 0.535. The van der Waals surface area contributed by atoms with Gasteiger partial charge in [-0.05, 0) is 13.3 Å². The monoisotopic (exact) mass is 316 g/mol. The van der Waals surface area contributed by atoms with E-state index in [0.29, 0.717) is 11.3 Å². The Morgan fingerprint density at radius 2 is 2.05 bits per heavy atom. The standard InChI is InChI=1S/C14H24N2S3/c1-5-11-13(18-7-6-17-11)14-16-10(4)12(19-14)8-15-9(2)3/h9,11,13,15H,5-8H2,1-4H3. The van der Waals surface area contributed by atoms with E-state index in [2.05, 4.69) is 56.5 Å². The summed E-state index contributed by atoms with van der Waals surface area (Å²) in [6.45, 7) is 9.80. The molecule has 0 saturated carbocycles. The first kappa shape index (κ1) is 15.7. The molecule has 2 heterocycles. The number of hydrogen-bond acceptors (Lipinski definition) is 5. The number of rotatable bonds is 5. The van der Waals surface area contributed by atoms with Crippen LogP contribution in [0.15, 0.2) is 0 Å². The third-order valence-corrected chi connectivity index (χ3v) is 7.92. The summed E-state index contributed by atoms with van der Waals surface area (Å²) < 4.78 is 0. The number of nitrogens with zero attached hydrogens (tertiary/aromatic N) is 1. The maximum atomic E-state index is 4.85. The lowest BCUT2D eigenvalue weighted by Gasteiger charge is -2.28. The summed E-state index contributed by atoms with van der Waals surface area (Å²) in [5.74, 6) is 2.57. The van der Waals surface area contributed by atoms with E-state index in [1.54, 1.807) is 0 Å². The van der Waals surface area contributed by atoms with Gasteiger partial charge >= 0.3 is 0 Å². The topological polar surface area (TPSA) is 24.9 Å². The third-order valence-electron chi connectivity index (χ3n) is 3.28. The zero-order valence-electron chi connectivity index (χ0n) is 12.2. The van der Waals surface area contributed by atoms with Gasteiger partial charge in [-0.15, -0.1) is 23.1 Å². The number of thiazole rings is 1. The Balaban J connectivity index is 2.09. The predicted octanol–water partition coefficient (Wildman–Crippen LogP) is 4.25. The van der Waals surface area contributed by atoms with E-state index in [-0.39, 0.29) is 0 Å². The van der Waals surface area contributed by atoms with Crippen molar-refractivity contribution < 1.29 is 0 Å². The Morgan fingerprint density at radius 1 is 1.32 bits per heavy atom. The average Bonchev–Trinajstić information content (AvgIpc) is 2.77. The fourth-order valence-corrected chi connectivity index (χ4v) is 6.60. The van der Waals surface area contributed by atoms with Crippen LogP contribution in [0.1, 0.15) is 48.0 Å². The summed E-state index contributed by atoms with van der Waals surface area (Å²) in [5, 5.41) is 6.21. The second-order valence-electron chi connectivity index (χ2n) is 5.21. The average molecular weight is 317 g/mol. The van der Waals surface area contributed by atoms with Crippen molar-refractivity contribution in [2.24, 2.45) is 0 Å². The Morgan fingerprint density at radius 3 is 2.74 bits per heavy atom. The van der Waals surface area contributed by atoms with Crippen LogP contribution >= 0.6 is 34.9 Å². The molecule has 1 saturated heterocycles. The van der Waals surface area contributed by atoms with E-state index >= 15 is 0 Å². The molecule has 0 aromatic carbocycles. The Bertz CT molecular complexity index is 403. The maximum Gasteiger partial charge on any atom is 0.107 e. The van der Waals surface area contributed by atoms with Crippen molar-refractivity contribution in [1.29, 1.82) is 0 Å². The molecule has 2 unspecified atom stereocenters. The molecule has 1 N–H and O–H groups in total.